The van der Waals surface area contributed by atoms with Gasteiger partial charge in [0.1, 0.15) is 6.04 Å². The molecular formula is C8H14N2O4. The summed E-state index contributed by atoms with van der Waals surface area (Å²) >= 11 is 0. The molecule has 0 bridgehead atoms. The number of nitrogens with one attached hydrogen (secondary N) is 2. The lowest BCUT2D eigenvalue weighted by Gasteiger charge is -2.14. The van der Waals surface area contributed by atoms with Gasteiger partial charge in [0.15, 0.2) is 0 Å². The molecule has 3 N–H and O–H groups in total. The van der Waals surface area contributed by atoms with E-state index in [-0.39, 0.29) is 24.7 Å². The Kier molecular flexibility index (Phi) is 5.28. The van der Waals surface area contributed by atoms with Crippen LogP contribution in [0.2, 0.25) is 0 Å². The van der Waals surface area contributed by atoms with Gasteiger partial charge in [-0.05, 0) is 6.42 Å². The maximum atomic E-state index is 11.1. The lowest BCUT2D eigenvalue weighted by atomic mass is 10.1. The summed E-state index contributed by atoms with van der Waals surface area (Å²) in [6.45, 7) is 1.27. The lowest BCUT2D eigenvalue weighted by Crippen LogP contribution is -2.45. The van der Waals surface area contributed by atoms with Gasteiger partial charge in [0.05, 0.1) is 0 Å². The second-order valence-corrected chi connectivity index (χ2v) is 2.80. The Bertz CT molecular complexity index is 239. The molecule has 14 heavy (non-hydrogen) atoms. The lowest BCUT2D eigenvalue weighted by molar-refractivity contribution is -0.137. The Morgan fingerprint density at radius 1 is 1.36 bits per heavy atom. The van der Waals surface area contributed by atoms with E-state index in [0.29, 0.717) is 0 Å². The van der Waals surface area contributed by atoms with Crippen LogP contribution in [-0.2, 0) is 14.4 Å². The zero-order valence-electron chi connectivity index (χ0n) is 8.16. The summed E-state index contributed by atoms with van der Waals surface area (Å²) in [5.74, 6) is -1.74. The molecule has 0 unspecified atom stereocenters. The summed E-state index contributed by atoms with van der Waals surface area (Å²) in [6.07, 6.45) is -0.0625. The standard InChI is InChI=1S/C8H14N2O4/c1-5(11)10-6(8(14)9-2)3-4-7(12)13/h6H,3-4H2,1-2H3,(H,9,14)(H,10,11)(H,12,13)/t6-/m0/s1. The van der Waals surface area contributed by atoms with E-state index in [0.717, 1.165) is 0 Å². The Morgan fingerprint density at radius 3 is 2.29 bits per heavy atom. The van der Waals surface area contributed by atoms with E-state index in [1.807, 2.05) is 0 Å². The van der Waals surface area contributed by atoms with Crippen molar-refractivity contribution in [3.63, 3.8) is 0 Å². The van der Waals surface area contributed by atoms with E-state index in [9.17, 15) is 14.4 Å². The minimum atomic E-state index is -0.996. The fourth-order valence-corrected chi connectivity index (χ4v) is 0.956. The van der Waals surface area contributed by atoms with Crippen molar-refractivity contribution in [1.82, 2.24) is 10.6 Å². The van der Waals surface area contributed by atoms with E-state index < -0.39 is 12.0 Å². The monoisotopic (exact) mass is 202 g/mol. The van der Waals surface area contributed by atoms with Crippen molar-refractivity contribution < 1.29 is 19.5 Å². The second-order valence-electron chi connectivity index (χ2n) is 2.80. The number of carbonyl (C=O) groups is 3. The fourth-order valence-electron chi connectivity index (χ4n) is 0.956. The molecule has 2 amide bonds. The van der Waals surface area contributed by atoms with Crippen molar-refractivity contribution in [1.29, 1.82) is 0 Å². The van der Waals surface area contributed by atoms with E-state index >= 15 is 0 Å². The second kappa shape index (κ2) is 5.95. The van der Waals surface area contributed by atoms with Gasteiger partial charge in [-0.3, -0.25) is 14.4 Å². The molecule has 6 nitrogen and oxygen atoms in total. The highest BCUT2D eigenvalue weighted by molar-refractivity contribution is 5.87. The Hall–Kier alpha value is -1.59. The van der Waals surface area contributed by atoms with Crippen LogP contribution in [0.5, 0.6) is 0 Å². The van der Waals surface area contributed by atoms with Gasteiger partial charge in [-0.1, -0.05) is 0 Å². The number of carboxylic acids is 1. The van der Waals surface area contributed by atoms with Crippen LogP contribution in [0.3, 0.4) is 0 Å². The Labute approximate surface area is 81.7 Å². The molecule has 1 atom stereocenters. The summed E-state index contributed by atoms with van der Waals surface area (Å²) in [5.41, 5.74) is 0. The molecular weight excluding hydrogens is 188 g/mol. The van der Waals surface area contributed by atoms with Crippen LogP contribution in [0, 0.1) is 0 Å². The predicted octanol–water partition coefficient (Wildman–Crippen LogP) is -0.898. The fraction of sp³-hybridized carbons (Fsp3) is 0.625. The number of amides is 2. The number of hydrogen-bond acceptors (Lipinski definition) is 3. The highest BCUT2D eigenvalue weighted by Gasteiger charge is 2.18. The van der Waals surface area contributed by atoms with Gasteiger partial charge in [-0.2, -0.15) is 0 Å². The van der Waals surface area contributed by atoms with Crippen LogP contribution in [0.4, 0.5) is 0 Å². The summed E-state index contributed by atoms with van der Waals surface area (Å²) in [5, 5.41) is 13.1. The number of aliphatic carboxylic acids is 1. The Balaban J connectivity index is 4.17. The minimum absolute atomic E-state index is 0.0919. The van der Waals surface area contributed by atoms with Crippen molar-refractivity contribution in [2.24, 2.45) is 0 Å². The number of carboxylic acid groups (broad SMARTS) is 1. The van der Waals surface area contributed by atoms with Gasteiger partial charge in [0.2, 0.25) is 11.8 Å². The van der Waals surface area contributed by atoms with Crippen molar-refractivity contribution >= 4 is 17.8 Å². The molecule has 0 saturated heterocycles. The molecule has 0 aromatic rings. The molecule has 0 fully saturated rings. The summed E-state index contributed by atoms with van der Waals surface area (Å²) < 4.78 is 0. The highest BCUT2D eigenvalue weighted by atomic mass is 16.4. The van der Waals surface area contributed by atoms with Gasteiger partial charge < -0.3 is 15.7 Å². The average Bonchev–Trinajstić information content (AvgIpc) is 2.10. The third-order valence-corrected chi connectivity index (χ3v) is 1.59. The van der Waals surface area contributed by atoms with E-state index in [2.05, 4.69) is 10.6 Å². The first-order chi connectivity index (χ1) is 6.47. The summed E-state index contributed by atoms with van der Waals surface area (Å²) in [4.78, 5) is 32.1. The summed E-state index contributed by atoms with van der Waals surface area (Å²) in [6, 6.07) is -0.770. The van der Waals surface area contributed by atoms with Crippen LogP contribution in [0.15, 0.2) is 0 Å². The molecule has 0 saturated carbocycles. The smallest absolute Gasteiger partial charge is 0.303 e. The van der Waals surface area contributed by atoms with Gasteiger partial charge >= 0.3 is 5.97 Å². The number of carbonyl (C=O) groups excluding carboxylic acids is 2. The molecule has 0 radical (unpaired) electrons. The quantitative estimate of drug-likeness (QED) is 0.538. The van der Waals surface area contributed by atoms with Crippen LogP contribution in [0.1, 0.15) is 19.8 Å². The largest absolute Gasteiger partial charge is 0.481 e. The Morgan fingerprint density at radius 2 is 1.93 bits per heavy atom. The van der Waals surface area contributed by atoms with Gasteiger partial charge in [0, 0.05) is 20.4 Å². The molecule has 0 aromatic carbocycles. The third-order valence-electron chi connectivity index (χ3n) is 1.59. The van der Waals surface area contributed by atoms with Gasteiger partial charge in [-0.25, -0.2) is 0 Å². The molecule has 0 aliphatic carbocycles. The van der Waals surface area contributed by atoms with Crippen LogP contribution in [0.25, 0.3) is 0 Å². The molecule has 0 heterocycles. The molecule has 0 rings (SSSR count). The van der Waals surface area contributed by atoms with Gasteiger partial charge in [-0.15, -0.1) is 0 Å². The maximum Gasteiger partial charge on any atom is 0.303 e. The zero-order chi connectivity index (χ0) is 11.1. The topological polar surface area (TPSA) is 95.5 Å². The van der Waals surface area contributed by atoms with Crippen molar-refractivity contribution in [2.75, 3.05) is 7.05 Å². The van der Waals surface area contributed by atoms with E-state index in [1.54, 1.807) is 0 Å². The van der Waals surface area contributed by atoms with Crippen LogP contribution in [-0.4, -0.2) is 36.0 Å². The molecule has 0 aromatic heterocycles. The van der Waals surface area contributed by atoms with E-state index in [4.69, 9.17) is 5.11 Å². The first-order valence-corrected chi connectivity index (χ1v) is 4.18. The number of likely N-dealkylation sites (N-methyl/N-ethyl adjacent to an activating group) is 1. The first kappa shape index (κ1) is 12.4. The minimum Gasteiger partial charge on any atom is -0.481 e. The van der Waals surface area contributed by atoms with Crippen molar-refractivity contribution in [2.45, 2.75) is 25.8 Å². The number of rotatable bonds is 5. The zero-order valence-corrected chi connectivity index (χ0v) is 8.16. The SMILES string of the molecule is CNC(=O)[C@H](CCC(=O)O)NC(C)=O. The predicted molar refractivity (Wildman–Crippen MR) is 48.5 cm³/mol. The van der Waals surface area contributed by atoms with Crippen LogP contribution < -0.4 is 10.6 Å². The molecule has 0 aliphatic heterocycles. The highest BCUT2D eigenvalue weighted by Crippen LogP contribution is 1.97. The average molecular weight is 202 g/mol. The normalized spacial score (nSPS) is 11.6. The molecule has 0 spiro atoms. The van der Waals surface area contributed by atoms with Crippen LogP contribution >= 0.6 is 0 Å². The summed E-state index contributed by atoms with van der Waals surface area (Å²) in [7, 11) is 1.43. The first-order valence-electron chi connectivity index (χ1n) is 4.18. The molecule has 0 aliphatic rings. The maximum absolute atomic E-state index is 11.1. The number of hydrogen-bond donors (Lipinski definition) is 3. The van der Waals surface area contributed by atoms with E-state index in [1.165, 1.54) is 14.0 Å². The van der Waals surface area contributed by atoms with Crippen molar-refractivity contribution in [3.05, 3.63) is 0 Å². The molecule has 6 heteroatoms. The molecule has 80 valence electrons. The third kappa shape index (κ3) is 5.13. The van der Waals surface area contributed by atoms with Gasteiger partial charge in [0.25, 0.3) is 0 Å². The van der Waals surface area contributed by atoms with Crippen molar-refractivity contribution in [3.8, 4) is 0 Å².